The summed E-state index contributed by atoms with van der Waals surface area (Å²) in [5.41, 5.74) is 0. The molecule has 1 N–H and O–H groups in total. The summed E-state index contributed by atoms with van der Waals surface area (Å²) in [6.07, 6.45) is 4.67. The second-order valence-corrected chi connectivity index (χ2v) is 5.69. The molecule has 1 aliphatic carbocycles. The van der Waals surface area contributed by atoms with Crippen molar-refractivity contribution < 1.29 is 18.7 Å². The molecule has 0 spiro atoms. The Kier molecular flexibility index (Phi) is 5.58. The third-order valence-corrected chi connectivity index (χ3v) is 4.18. The van der Waals surface area contributed by atoms with E-state index >= 15 is 0 Å². The number of carbonyl (C=O) groups excluding carboxylic acids is 1. The molecular weight excluding hydrogens is 249 g/mol. The molecule has 19 heavy (non-hydrogen) atoms. The summed E-state index contributed by atoms with van der Waals surface area (Å²) in [6, 6.07) is 0.169. The number of carbonyl (C=O) groups is 1. The number of nitrogens with one attached hydrogen (secondary N) is 1. The van der Waals surface area contributed by atoms with Gasteiger partial charge in [0, 0.05) is 19.0 Å². The summed E-state index contributed by atoms with van der Waals surface area (Å²) >= 11 is 0. The molecule has 4 nitrogen and oxygen atoms in total. The summed E-state index contributed by atoms with van der Waals surface area (Å²) in [6.45, 7) is 1.06. The topological polar surface area (TPSA) is 47.6 Å². The predicted molar refractivity (Wildman–Crippen MR) is 69.6 cm³/mol. The summed E-state index contributed by atoms with van der Waals surface area (Å²) in [5.74, 6) is 0.320. The van der Waals surface area contributed by atoms with E-state index in [1.165, 1.54) is 7.11 Å². The molecule has 5 heteroatoms. The van der Waals surface area contributed by atoms with Gasteiger partial charge in [0.05, 0.1) is 19.8 Å². The van der Waals surface area contributed by atoms with E-state index in [1.54, 1.807) is 0 Å². The Balaban J connectivity index is 1.59. The van der Waals surface area contributed by atoms with Crippen LogP contribution in [0.15, 0.2) is 0 Å². The number of methoxy groups -OCH3 is 1. The number of rotatable bonds is 5. The molecule has 2 aliphatic rings. The molecule has 0 aromatic heterocycles. The molecule has 0 aromatic carbocycles. The lowest BCUT2D eigenvalue weighted by Gasteiger charge is -2.28. The van der Waals surface area contributed by atoms with Crippen molar-refractivity contribution in [3.8, 4) is 0 Å². The van der Waals surface area contributed by atoms with Gasteiger partial charge in [0.2, 0.25) is 0 Å². The number of halogens is 1. The first-order valence-electron chi connectivity index (χ1n) is 7.23. The van der Waals surface area contributed by atoms with Crippen LogP contribution < -0.4 is 5.32 Å². The molecule has 1 aliphatic heterocycles. The molecule has 2 fully saturated rings. The van der Waals surface area contributed by atoms with E-state index in [4.69, 9.17) is 9.47 Å². The van der Waals surface area contributed by atoms with E-state index in [2.05, 4.69) is 5.32 Å². The molecule has 2 rings (SSSR count). The van der Waals surface area contributed by atoms with Crippen LogP contribution in [-0.4, -0.2) is 44.5 Å². The molecule has 2 atom stereocenters. The van der Waals surface area contributed by atoms with Crippen LogP contribution in [0.25, 0.3) is 0 Å². The van der Waals surface area contributed by atoms with Gasteiger partial charge in [0.1, 0.15) is 6.17 Å². The summed E-state index contributed by atoms with van der Waals surface area (Å²) < 4.78 is 23.5. The minimum atomic E-state index is -0.718. The van der Waals surface area contributed by atoms with Crippen molar-refractivity contribution in [1.29, 1.82) is 0 Å². The largest absolute Gasteiger partial charge is 0.469 e. The van der Waals surface area contributed by atoms with Crippen molar-refractivity contribution >= 4 is 5.97 Å². The molecule has 0 amide bonds. The first-order valence-corrected chi connectivity index (χ1v) is 7.23. The summed E-state index contributed by atoms with van der Waals surface area (Å²) in [4.78, 5) is 11.2. The average molecular weight is 273 g/mol. The van der Waals surface area contributed by atoms with Gasteiger partial charge in [-0.1, -0.05) is 0 Å². The third kappa shape index (κ3) is 4.73. The van der Waals surface area contributed by atoms with Gasteiger partial charge in [-0.05, 0) is 38.0 Å². The standard InChI is InChI=1S/C14H24FNO3/c1-18-14(17)6-10-2-4-13(5-3-10)19-9-12-7-11(15)8-16-12/h10-13,16H,2-9H2,1H3. The Morgan fingerprint density at radius 1 is 1.32 bits per heavy atom. The zero-order valence-corrected chi connectivity index (χ0v) is 11.6. The normalized spacial score (nSPS) is 35.3. The van der Waals surface area contributed by atoms with E-state index in [1.807, 2.05) is 0 Å². The minimum absolute atomic E-state index is 0.117. The average Bonchev–Trinajstić information content (AvgIpc) is 2.83. The molecule has 110 valence electrons. The lowest BCUT2D eigenvalue weighted by Crippen LogP contribution is -2.31. The molecule has 2 unspecified atom stereocenters. The second kappa shape index (κ2) is 7.20. The fourth-order valence-electron chi connectivity index (χ4n) is 2.97. The van der Waals surface area contributed by atoms with Gasteiger partial charge in [-0.2, -0.15) is 0 Å². The lowest BCUT2D eigenvalue weighted by atomic mass is 9.85. The van der Waals surface area contributed by atoms with Gasteiger partial charge in [-0.3, -0.25) is 4.79 Å². The van der Waals surface area contributed by atoms with Crippen LogP contribution in [0.4, 0.5) is 4.39 Å². The van der Waals surface area contributed by atoms with Crippen molar-refractivity contribution in [3.63, 3.8) is 0 Å². The monoisotopic (exact) mass is 273 g/mol. The first kappa shape index (κ1) is 14.7. The Hall–Kier alpha value is -0.680. The highest BCUT2D eigenvalue weighted by Crippen LogP contribution is 2.29. The van der Waals surface area contributed by atoms with E-state index in [0.717, 1.165) is 25.7 Å². The van der Waals surface area contributed by atoms with Crippen LogP contribution in [0, 0.1) is 5.92 Å². The first-order chi connectivity index (χ1) is 9.17. The molecule has 0 radical (unpaired) electrons. The molecule has 0 bridgehead atoms. The number of esters is 1. The number of alkyl halides is 1. The van der Waals surface area contributed by atoms with Crippen LogP contribution in [0.5, 0.6) is 0 Å². The number of hydrogen-bond donors (Lipinski definition) is 1. The third-order valence-electron chi connectivity index (χ3n) is 4.18. The van der Waals surface area contributed by atoms with Crippen molar-refractivity contribution in [2.45, 2.75) is 56.8 Å². The Labute approximate surface area is 114 Å². The van der Waals surface area contributed by atoms with E-state index in [-0.39, 0.29) is 18.1 Å². The van der Waals surface area contributed by atoms with Gasteiger partial charge in [0.25, 0.3) is 0 Å². The van der Waals surface area contributed by atoms with E-state index < -0.39 is 6.17 Å². The highest BCUT2D eigenvalue weighted by Gasteiger charge is 2.27. The Bertz CT molecular complexity index is 292. The Morgan fingerprint density at radius 2 is 2.05 bits per heavy atom. The van der Waals surface area contributed by atoms with Gasteiger partial charge in [-0.25, -0.2) is 4.39 Å². The maximum atomic E-state index is 13.0. The summed E-state index contributed by atoms with van der Waals surface area (Å²) in [5, 5.41) is 3.13. The molecule has 1 saturated heterocycles. The quantitative estimate of drug-likeness (QED) is 0.776. The lowest BCUT2D eigenvalue weighted by molar-refractivity contribution is -0.142. The van der Waals surface area contributed by atoms with Gasteiger partial charge < -0.3 is 14.8 Å². The smallest absolute Gasteiger partial charge is 0.305 e. The zero-order chi connectivity index (χ0) is 13.7. The predicted octanol–water partition coefficient (Wildman–Crippen LogP) is 1.82. The van der Waals surface area contributed by atoms with Gasteiger partial charge >= 0.3 is 5.97 Å². The highest BCUT2D eigenvalue weighted by atomic mass is 19.1. The SMILES string of the molecule is COC(=O)CC1CCC(OCC2CC(F)CN2)CC1. The molecular formula is C14H24FNO3. The van der Waals surface area contributed by atoms with Crippen molar-refractivity contribution in [2.75, 3.05) is 20.3 Å². The highest BCUT2D eigenvalue weighted by molar-refractivity contribution is 5.69. The molecule has 1 saturated carbocycles. The Morgan fingerprint density at radius 3 is 2.63 bits per heavy atom. The number of ether oxygens (including phenoxy) is 2. The second-order valence-electron chi connectivity index (χ2n) is 5.69. The van der Waals surface area contributed by atoms with Gasteiger partial charge in [-0.15, -0.1) is 0 Å². The van der Waals surface area contributed by atoms with Crippen molar-refractivity contribution in [3.05, 3.63) is 0 Å². The number of hydrogen-bond acceptors (Lipinski definition) is 4. The van der Waals surface area contributed by atoms with Crippen LogP contribution in [0.2, 0.25) is 0 Å². The maximum Gasteiger partial charge on any atom is 0.305 e. The van der Waals surface area contributed by atoms with Crippen LogP contribution in [-0.2, 0) is 14.3 Å². The van der Waals surface area contributed by atoms with Crippen LogP contribution in [0.3, 0.4) is 0 Å². The summed E-state index contributed by atoms with van der Waals surface area (Å²) in [7, 11) is 1.43. The maximum absolute atomic E-state index is 13.0. The molecule has 1 heterocycles. The zero-order valence-electron chi connectivity index (χ0n) is 11.6. The fourth-order valence-corrected chi connectivity index (χ4v) is 2.97. The van der Waals surface area contributed by atoms with Crippen molar-refractivity contribution in [1.82, 2.24) is 5.32 Å². The fraction of sp³-hybridized carbons (Fsp3) is 0.929. The van der Waals surface area contributed by atoms with E-state index in [9.17, 15) is 9.18 Å². The van der Waals surface area contributed by atoms with E-state index in [0.29, 0.717) is 31.9 Å². The van der Waals surface area contributed by atoms with Gasteiger partial charge in [0.15, 0.2) is 0 Å². The van der Waals surface area contributed by atoms with Crippen molar-refractivity contribution in [2.24, 2.45) is 5.92 Å². The van der Waals surface area contributed by atoms with Crippen LogP contribution in [0.1, 0.15) is 38.5 Å². The van der Waals surface area contributed by atoms with Crippen LogP contribution >= 0.6 is 0 Å². The minimum Gasteiger partial charge on any atom is -0.469 e. The molecule has 0 aromatic rings.